The first kappa shape index (κ1) is 13.7. The summed E-state index contributed by atoms with van der Waals surface area (Å²) < 4.78 is 28.0. The largest absolute Gasteiger partial charge is 0.207 e. The number of hydrogen-bond acceptors (Lipinski definition) is 0. The molecule has 100 valence electrons. The van der Waals surface area contributed by atoms with Gasteiger partial charge in [-0.15, -0.1) is 0 Å². The highest BCUT2D eigenvalue weighted by atomic mass is 19.1. The Bertz CT molecular complexity index is 569. The van der Waals surface area contributed by atoms with Crippen LogP contribution >= 0.6 is 0 Å². The van der Waals surface area contributed by atoms with Gasteiger partial charge in [0.2, 0.25) is 0 Å². The maximum absolute atomic E-state index is 14.0. The predicted octanol–water partition coefficient (Wildman–Crippen LogP) is 5.37. The summed E-state index contributed by atoms with van der Waals surface area (Å²) in [5.74, 6) is -1.10. The third-order valence-electron chi connectivity index (χ3n) is 3.21. The van der Waals surface area contributed by atoms with Crippen LogP contribution in [0.1, 0.15) is 36.5 Å². The zero-order chi connectivity index (χ0) is 14.2. The van der Waals surface area contributed by atoms with Crippen molar-refractivity contribution in [3.8, 4) is 11.1 Å². The SMILES string of the molecule is Cc1cc(C)cc(-c2cc(F)c(C(C)C)c(F)c2)c1. The molecule has 0 atom stereocenters. The van der Waals surface area contributed by atoms with Gasteiger partial charge in [0.25, 0.3) is 0 Å². The molecule has 0 heterocycles. The van der Waals surface area contributed by atoms with Gasteiger partial charge in [0, 0.05) is 5.56 Å². The van der Waals surface area contributed by atoms with Gasteiger partial charge in [-0.25, -0.2) is 8.78 Å². The molecule has 19 heavy (non-hydrogen) atoms. The molecule has 0 aliphatic heterocycles. The summed E-state index contributed by atoms with van der Waals surface area (Å²) in [6.07, 6.45) is 0. The van der Waals surface area contributed by atoms with Gasteiger partial charge < -0.3 is 0 Å². The highest BCUT2D eigenvalue weighted by molar-refractivity contribution is 5.66. The zero-order valence-electron chi connectivity index (χ0n) is 11.7. The molecule has 0 spiro atoms. The van der Waals surface area contributed by atoms with Crippen molar-refractivity contribution in [3.05, 3.63) is 58.7 Å². The highest BCUT2D eigenvalue weighted by Gasteiger charge is 2.15. The fourth-order valence-corrected chi connectivity index (χ4v) is 2.44. The van der Waals surface area contributed by atoms with E-state index in [9.17, 15) is 8.78 Å². The fourth-order valence-electron chi connectivity index (χ4n) is 2.44. The van der Waals surface area contributed by atoms with Crippen LogP contribution in [0.4, 0.5) is 8.78 Å². The molecule has 2 heteroatoms. The minimum absolute atomic E-state index is 0.159. The number of benzene rings is 2. The van der Waals surface area contributed by atoms with Gasteiger partial charge in [0.05, 0.1) is 0 Å². The molecular weight excluding hydrogens is 242 g/mol. The molecule has 0 aliphatic carbocycles. The van der Waals surface area contributed by atoms with Gasteiger partial charge in [-0.3, -0.25) is 0 Å². The van der Waals surface area contributed by atoms with E-state index in [1.165, 1.54) is 12.1 Å². The van der Waals surface area contributed by atoms with Crippen molar-refractivity contribution in [3.63, 3.8) is 0 Å². The smallest absolute Gasteiger partial charge is 0.130 e. The third-order valence-corrected chi connectivity index (χ3v) is 3.21. The van der Waals surface area contributed by atoms with Gasteiger partial charge in [-0.2, -0.15) is 0 Å². The van der Waals surface area contributed by atoms with Crippen molar-refractivity contribution in [2.24, 2.45) is 0 Å². The van der Waals surface area contributed by atoms with E-state index in [0.717, 1.165) is 16.7 Å². The number of hydrogen-bond donors (Lipinski definition) is 0. The van der Waals surface area contributed by atoms with Gasteiger partial charge >= 0.3 is 0 Å². The molecule has 0 aliphatic rings. The molecule has 0 saturated carbocycles. The van der Waals surface area contributed by atoms with E-state index >= 15 is 0 Å². The number of rotatable bonds is 2. The first-order valence-corrected chi connectivity index (χ1v) is 6.46. The maximum atomic E-state index is 14.0. The summed E-state index contributed by atoms with van der Waals surface area (Å²) in [5, 5.41) is 0. The first-order chi connectivity index (χ1) is 8.88. The monoisotopic (exact) mass is 260 g/mol. The van der Waals surface area contributed by atoms with Crippen LogP contribution in [-0.2, 0) is 0 Å². The molecule has 0 bridgehead atoms. The summed E-state index contributed by atoms with van der Waals surface area (Å²) in [6, 6.07) is 8.77. The summed E-state index contributed by atoms with van der Waals surface area (Å²) in [6.45, 7) is 7.54. The second kappa shape index (κ2) is 5.12. The Balaban J connectivity index is 2.58. The van der Waals surface area contributed by atoms with Crippen molar-refractivity contribution >= 4 is 0 Å². The van der Waals surface area contributed by atoms with Crippen molar-refractivity contribution in [1.29, 1.82) is 0 Å². The average Bonchev–Trinajstić information content (AvgIpc) is 2.25. The van der Waals surface area contributed by atoms with Gasteiger partial charge in [-0.1, -0.05) is 43.2 Å². The van der Waals surface area contributed by atoms with Crippen LogP contribution in [0.25, 0.3) is 11.1 Å². The van der Waals surface area contributed by atoms with Crippen LogP contribution in [0.3, 0.4) is 0 Å². The van der Waals surface area contributed by atoms with Crippen LogP contribution in [0.5, 0.6) is 0 Å². The molecular formula is C17H18F2. The molecule has 2 aromatic rings. The van der Waals surface area contributed by atoms with Crippen molar-refractivity contribution in [2.75, 3.05) is 0 Å². The average molecular weight is 260 g/mol. The molecule has 0 saturated heterocycles. The van der Waals surface area contributed by atoms with Gasteiger partial charge in [-0.05, 0) is 43.0 Å². The Kier molecular flexibility index (Phi) is 3.70. The molecule has 0 radical (unpaired) electrons. The summed E-state index contributed by atoms with van der Waals surface area (Å²) in [4.78, 5) is 0. The highest BCUT2D eigenvalue weighted by Crippen LogP contribution is 2.29. The number of aryl methyl sites for hydroxylation is 2. The minimum atomic E-state index is -0.468. The minimum Gasteiger partial charge on any atom is -0.207 e. The van der Waals surface area contributed by atoms with E-state index in [1.54, 1.807) is 13.8 Å². The van der Waals surface area contributed by atoms with Gasteiger partial charge in [0.15, 0.2) is 0 Å². The predicted molar refractivity (Wildman–Crippen MR) is 75.4 cm³/mol. The zero-order valence-corrected chi connectivity index (χ0v) is 11.7. The van der Waals surface area contributed by atoms with E-state index in [1.807, 2.05) is 32.0 Å². The molecule has 0 amide bonds. The second-order valence-corrected chi connectivity index (χ2v) is 5.38. The first-order valence-electron chi connectivity index (χ1n) is 6.46. The molecule has 0 N–H and O–H groups in total. The van der Waals surface area contributed by atoms with Crippen molar-refractivity contribution < 1.29 is 8.78 Å². The summed E-state index contributed by atoms with van der Waals surface area (Å²) in [5.41, 5.74) is 3.78. The van der Waals surface area contributed by atoms with Gasteiger partial charge in [0.1, 0.15) is 11.6 Å². The fraction of sp³-hybridized carbons (Fsp3) is 0.294. The standard InChI is InChI=1S/C17H18F2/c1-10(2)17-15(18)8-14(9-16(17)19)13-6-11(3)5-12(4)7-13/h5-10H,1-4H3. The van der Waals surface area contributed by atoms with E-state index in [-0.39, 0.29) is 11.5 Å². The third kappa shape index (κ3) is 2.83. The molecule has 0 nitrogen and oxygen atoms in total. The summed E-state index contributed by atoms with van der Waals surface area (Å²) in [7, 11) is 0. The Morgan fingerprint density at radius 3 is 1.58 bits per heavy atom. The van der Waals surface area contributed by atoms with Crippen molar-refractivity contribution in [1.82, 2.24) is 0 Å². The van der Waals surface area contributed by atoms with E-state index in [4.69, 9.17) is 0 Å². The Morgan fingerprint density at radius 2 is 1.16 bits per heavy atom. The lowest BCUT2D eigenvalue weighted by atomic mass is 9.95. The normalized spacial score (nSPS) is 11.1. The Labute approximate surface area is 113 Å². The van der Waals surface area contributed by atoms with Crippen LogP contribution in [-0.4, -0.2) is 0 Å². The van der Waals surface area contributed by atoms with Crippen LogP contribution < -0.4 is 0 Å². The molecule has 0 fully saturated rings. The van der Waals surface area contributed by atoms with Crippen molar-refractivity contribution in [2.45, 2.75) is 33.6 Å². The van der Waals surface area contributed by atoms with Crippen LogP contribution in [0.2, 0.25) is 0 Å². The van der Waals surface area contributed by atoms with Crippen LogP contribution in [0, 0.1) is 25.5 Å². The van der Waals surface area contributed by atoms with E-state index in [0.29, 0.717) is 5.56 Å². The number of halogens is 2. The van der Waals surface area contributed by atoms with E-state index < -0.39 is 11.6 Å². The second-order valence-electron chi connectivity index (χ2n) is 5.38. The Hall–Kier alpha value is -1.70. The quantitative estimate of drug-likeness (QED) is 0.680. The Morgan fingerprint density at radius 1 is 0.737 bits per heavy atom. The molecule has 0 aromatic heterocycles. The lowest BCUT2D eigenvalue weighted by molar-refractivity contribution is 0.542. The molecule has 2 rings (SSSR count). The topological polar surface area (TPSA) is 0 Å². The summed E-state index contributed by atoms with van der Waals surface area (Å²) >= 11 is 0. The van der Waals surface area contributed by atoms with Crippen LogP contribution in [0.15, 0.2) is 30.3 Å². The lowest BCUT2D eigenvalue weighted by Gasteiger charge is -2.12. The molecule has 2 aromatic carbocycles. The van der Waals surface area contributed by atoms with E-state index in [2.05, 4.69) is 0 Å². The lowest BCUT2D eigenvalue weighted by Crippen LogP contribution is -1.99. The molecule has 0 unspecified atom stereocenters. The maximum Gasteiger partial charge on any atom is 0.130 e.